The highest BCUT2D eigenvalue weighted by atomic mass is 19.1. The second-order valence-electron chi connectivity index (χ2n) is 9.91. The van der Waals surface area contributed by atoms with Crippen LogP contribution in [0.5, 0.6) is 5.75 Å². The third kappa shape index (κ3) is 8.56. The van der Waals surface area contributed by atoms with E-state index in [4.69, 9.17) is 19.3 Å². The van der Waals surface area contributed by atoms with Crippen LogP contribution in [0.15, 0.2) is 53.5 Å². The number of benzene rings is 2. The zero-order valence-corrected chi connectivity index (χ0v) is 21.6. The summed E-state index contributed by atoms with van der Waals surface area (Å²) in [5.41, 5.74) is -0.361. The van der Waals surface area contributed by atoms with Crippen molar-refractivity contribution in [3.05, 3.63) is 65.5 Å². The monoisotopic (exact) mass is 514 g/mol. The van der Waals surface area contributed by atoms with E-state index in [2.05, 4.69) is 10.3 Å². The summed E-state index contributed by atoms with van der Waals surface area (Å²) in [6.07, 6.45) is 1.17. The maximum atomic E-state index is 13.3. The average molecular weight is 515 g/mol. The first kappa shape index (κ1) is 28.1. The highest BCUT2D eigenvalue weighted by Gasteiger charge is 2.44. The molecule has 1 atom stereocenters. The van der Waals surface area contributed by atoms with Gasteiger partial charge in [0.2, 0.25) is 5.90 Å². The minimum atomic E-state index is -1.29. The van der Waals surface area contributed by atoms with Gasteiger partial charge in [-0.3, -0.25) is 9.59 Å². The van der Waals surface area contributed by atoms with Crippen LogP contribution in [0.3, 0.4) is 0 Å². The molecule has 200 valence electrons. The van der Waals surface area contributed by atoms with Crippen molar-refractivity contribution in [2.24, 2.45) is 4.99 Å². The van der Waals surface area contributed by atoms with E-state index < -0.39 is 17.1 Å². The Bertz CT molecular complexity index is 1080. The predicted octanol–water partition coefficient (Wildman–Crippen LogP) is 3.58. The topological polar surface area (TPSA) is 106 Å². The van der Waals surface area contributed by atoms with Crippen LogP contribution < -0.4 is 10.1 Å². The lowest BCUT2D eigenvalue weighted by Gasteiger charge is -2.24. The van der Waals surface area contributed by atoms with Gasteiger partial charge >= 0.3 is 5.97 Å². The van der Waals surface area contributed by atoms with E-state index in [1.165, 1.54) is 12.1 Å². The van der Waals surface area contributed by atoms with Crippen molar-refractivity contribution in [3.8, 4) is 5.75 Å². The molecule has 8 nitrogen and oxygen atoms in total. The number of aliphatic hydroxyl groups is 1. The van der Waals surface area contributed by atoms with Crippen molar-refractivity contribution in [1.29, 1.82) is 0 Å². The summed E-state index contributed by atoms with van der Waals surface area (Å²) >= 11 is 0. The number of hydrogen-bond acceptors (Lipinski definition) is 7. The summed E-state index contributed by atoms with van der Waals surface area (Å²) in [7, 11) is 0. The molecule has 0 unspecified atom stereocenters. The largest absolute Gasteiger partial charge is 0.494 e. The Morgan fingerprint density at radius 1 is 1.14 bits per heavy atom. The van der Waals surface area contributed by atoms with Crippen LogP contribution in [0.1, 0.15) is 51.2 Å². The number of nitrogens with one attached hydrogen (secondary N) is 1. The lowest BCUT2D eigenvalue weighted by molar-refractivity contribution is -0.155. The van der Waals surface area contributed by atoms with Gasteiger partial charge < -0.3 is 24.6 Å². The van der Waals surface area contributed by atoms with Crippen LogP contribution >= 0.6 is 0 Å². The molecule has 0 radical (unpaired) electrons. The summed E-state index contributed by atoms with van der Waals surface area (Å²) < 4.78 is 30.0. The van der Waals surface area contributed by atoms with Crippen molar-refractivity contribution in [2.45, 2.75) is 57.6 Å². The number of carbonyl (C=O) groups excluding carboxylic acids is 2. The van der Waals surface area contributed by atoms with E-state index in [-0.39, 0.29) is 37.8 Å². The zero-order valence-electron chi connectivity index (χ0n) is 21.6. The number of aliphatic imine (C=N–C) groups is 1. The molecule has 0 saturated heterocycles. The molecule has 1 amide bonds. The van der Waals surface area contributed by atoms with Gasteiger partial charge in [-0.05, 0) is 75.6 Å². The zero-order chi connectivity index (χ0) is 26.9. The van der Waals surface area contributed by atoms with Crippen molar-refractivity contribution in [1.82, 2.24) is 5.32 Å². The first-order valence-electron chi connectivity index (χ1n) is 12.4. The molecule has 37 heavy (non-hydrogen) atoms. The molecule has 2 aromatic rings. The van der Waals surface area contributed by atoms with Crippen molar-refractivity contribution in [3.63, 3.8) is 0 Å². The van der Waals surface area contributed by atoms with Gasteiger partial charge in [-0.1, -0.05) is 12.1 Å². The summed E-state index contributed by atoms with van der Waals surface area (Å²) in [4.78, 5) is 30.4. The van der Waals surface area contributed by atoms with E-state index >= 15 is 0 Å². The van der Waals surface area contributed by atoms with Gasteiger partial charge in [0.25, 0.3) is 5.91 Å². The molecule has 2 N–H and O–H groups in total. The van der Waals surface area contributed by atoms with Crippen LogP contribution in [0.4, 0.5) is 4.39 Å². The van der Waals surface area contributed by atoms with Gasteiger partial charge in [-0.2, -0.15) is 0 Å². The fraction of sp³-hybridized carbons (Fsp3) is 0.464. The highest BCUT2D eigenvalue weighted by Crippen LogP contribution is 2.29. The quantitative estimate of drug-likeness (QED) is 0.331. The van der Waals surface area contributed by atoms with Crippen LogP contribution in [0, 0.1) is 5.82 Å². The first-order valence-corrected chi connectivity index (χ1v) is 12.4. The van der Waals surface area contributed by atoms with E-state index in [0.29, 0.717) is 43.2 Å². The highest BCUT2D eigenvalue weighted by molar-refractivity contribution is 6.00. The Kier molecular flexibility index (Phi) is 9.63. The van der Waals surface area contributed by atoms with Crippen molar-refractivity contribution < 1.29 is 33.3 Å². The van der Waals surface area contributed by atoms with Crippen LogP contribution in [0.25, 0.3) is 0 Å². The lowest BCUT2D eigenvalue weighted by Crippen LogP contribution is -2.47. The Morgan fingerprint density at radius 2 is 1.84 bits per heavy atom. The van der Waals surface area contributed by atoms with E-state index in [0.717, 1.165) is 5.56 Å². The van der Waals surface area contributed by atoms with E-state index in [1.54, 1.807) is 57.2 Å². The van der Waals surface area contributed by atoms with Crippen LogP contribution in [-0.4, -0.2) is 60.4 Å². The minimum Gasteiger partial charge on any atom is -0.494 e. The van der Waals surface area contributed by atoms with Gasteiger partial charge in [-0.25, -0.2) is 9.38 Å². The number of rotatable bonds is 12. The molecule has 9 heteroatoms. The van der Waals surface area contributed by atoms with Crippen LogP contribution in [-0.2, 0) is 25.5 Å². The standard InChI is InChI=1S/C28H35FN2O6/c1-27(2,3)37-24(33)13-15-28(26(34)30-16-14-20-5-9-22(29)10-6-20)19-36-25(31-28)21-7-11-23(12-8-21)35-18-4-17-32/h5-12,32H,4,13-19H2,1-3H3,(H,30,34)/t28-/m1/s1. The van der Waals surface area contributed by atoms with Crippen molar-refractivity contribution in [2.75, 3.05) is 26.4 Å². The fourth-order valence-electron chi connectivity index (χ4n) is 3.74. The Morgan fingerprint density at radius 3 is 2.49 bits per heavy atom. The first-order chi connectivity index (χ1) is 17.6. The molecule has 0 fully saturated rings. The molecule has 0 bridgehead atoms. The molecule has 0 spiro atoms. The lowest BCUT2D eigenvalue weighted by atomic mass is 9.94. The Hall–Kier alpha value is -3.46. The smallest absolute Gasteiger partial charge is 0.306 e. The molecule has 0 saturated carbocycles. The molecule has 2 aromatic carbocycles. The van der Waals surface area contributed by atoms with Gasteiger partial charge in [0.1, 0.15) is 23.8 Å². The van der Waals surface area contributed by atoms with Crippen molar-refractivity contribution >= 4 is 17.8 Å². The number of amides is 1. The number of hydrogen-bond donors (Lipinski definition) is 2. The number of halogens is 1. The summed E-state index contributed by atoms with van der Waals surface area (Å²) in [5, 5.41) is 11.8. The summed E-state index contributed by atoms with van der Waals surface area (Å²) in [6, 6.07) is 13.2. The maximum Gasteiger partial charge on any atom is 0.306 e. The number of carbonyl (C=O) groups is 2. The minimum absolute atomic E-state index is 0.000424. The molecular formula is C28H35FN2O6. The molecule has 1 aliphatic rings. The average Bonchev–Trinajstić information content (AvgIpc) is 3.29. The van der Waals surface area contributed by atoms with Gasteiger partial charge in [0, 0.05) is 31.6 Å². The fourth-order valence-corrected chi connectivity index (χ4v) is 3.74. The number of nitrogens with zero attached hydrogens (tertiary/aromatic N) is 1. The Balaban J connectivity index is 1.72. The predicted molar refractivity (Wildman–Crippen MR) is 137 cm³/mol. The number of esters is 1. The second kappa shape index (κ2) is 12.7. The van der Waals surface area contributed by atoms with Gasteiger partial charge in [0.05, 0.1) is 6.61 Å². The molecule has 1 heterocycles. The number of ether oxygens (including phenoxy) is 3. The number of aliphatic hydroxyl groups excluding tert-OH is 1. The maximum absolute atomic E-state index is 13.3. The molecular weight excluding hydrogens is 479 g/mol. The second-order valence-corrected chi connectivity index (χ2v) is 9.91. The van der Waals surface area contributed by atoms with Gasteiger partial charge in [-0.15, -0.1) is 0 Å². The third-order valence-corrected chi connectivity index (χ3v) is 5.63. The van der Waals surface area contributed by atoms with Gasteiger partial charge in [0.15, 0.2) is 5.54 Å². The molecule has 1 aliphatic heterocycles. The Labute approximate surface area is 216 Å². The molecule has 3 rings (SSSR count). The summed E-state index contributed by atoms with van der Waals surface area (Å²) in [6.45, 7) is 6.13. The van der Waals surface area contributed by atoms with E-state index in [1.807, 2.05) is 0 Å². The third-order valence-electron chi connectivity index (χ3n) is 5.63. The molecule has 0 aromatic heterocycles. The molecule has 0 aliphatic carbocycles. The van der Waals surface area contributed by atoms with Crippen LogP contribution in [0.2, 0.25) is 0 Å². The SMILES string of the molecule is CC(C)(C)OC(=O)CC[C@]1(C(=O)NCCc2ccc(F)cc2)COC(c2ccc(OCCCO)cc2)=N1. The van der Waals surface area contributed by atoms with E-state index in [9.17, 15) is 14.0 Å². The normalized spacial score (nSPS) is 17.1. The summed E-state index contributed by atoms with van der Waals surface area (Å²) in [5.74, 6) is -0.134.